The number of carbonyl (C=O) groups is 1. The lowest BCUT2D eigenvalue weighted by molar-refractivity contribution is -0.136. The van der Waals surface area contributed by atoms with E-state index in [4.69, 9.17) is 5.11 Å². The zero-order valence-corrected chi connectivity index (χ0v) is 8.49. The van der Waals surface area contributed by atoms with Crippen LogP contribution in [0.3, 0.4) is 0 Å². The molecule has 0 bridgehead atoms. The van der Waals surface area contributed by atoms with Crippen LogP contribution in [0.5, 0.6) is 0 Å². The Balaban J connectivity index is 2.46. The van der Waals surface area contributed by atoms with Crippen LogP contribution in [0.1, 0.15) is 26.7 Å². The number of aliphatic hydroxyl groups excluding tert-OH is 1. The number of nitrogens with zero attached hydrogens (tertiary/aromatic N) is 1. The summed E-state index contributed by atoms with van der Waals surface area (Å²) in [5, 5.41) is 8.72. The summed E-state index contributed by atoms with van der Waals surface area (Å²) in [6.45, 7) is 5.69. The Bertz CT molecular complexity index is 180. The third kappa shape index (κ3) is 2.69. The average molecular weight is 185 g/mol. The van der Waals surface area contributed by atoms with E-state index < -0.39 is 0 Å². The zero-order chi connectivity index (χ0) is 9.84. The minimum Gasteiger partial charge on any atom is -0.387 e. The second-order valence-electron chi connectivity index (χ2n) is 4.14. The predicted molar refractivity (Wildman–Crippen MR) is 51.2 cm³/mol. The maximum Gasteiger partial charge on any atom is 0.248 e. The lowest BCUT2D eigenvalue weighted by atomic mass is 9.88. The molecule has 0 radical (unpaired) electrons. The summed E-state index contributed by atoms with van der Waals surface area (Å²) in [6, 6.07) is 0. The summed E-state index contributed by atoms with van der Waals surface area (Å²) in [5.41, 5.74) is 0. The second-order valence-corrected chi connectivity index (χ2v) is 4.14. The first kappa shape index (κ1) is 10.5. The molecule has 1 unspecified atom stereocenters. The van der Waals surface area contributed by atoms with Gasteiger partial charge in [0.05, 0.1) is 0 Å². The SMILES string of the molecule is CC(C)C1CCCN(C(=O)CO)C1. The number of carbonyl (C=O) groups excluding carboxylic acids is 1. The highest BCUT2D eigenvalue weighted by molar-refractivity contribution is 5.77. The van der Waals surface area contributed by atoms with Gasteiger partial charge in [-0.1, -0.05) is 13.8 Å². The van der Waals surface area contributed by atoms with Crippen LogP contribution in [0.25, 0.3) is 0 Å². The molecule has 0 aromatic carbocycles. The molecule has 1 aliphatic heterocycles. The van der Waals surface area contributed by atoms with Gasteiger partial charge in [0.2, 0.25) is 5.91 Å². The van der Waals surface area contributed by atoms with Gasteiger partial charge in [0.1, 0.15) is 6.61 Å². The van der Waals surface area contributed by atoms with Gasteiger partial charge in [0.15, 0.2) is 0 Å². The predicted octanol–water partition coefficient (Wildman–Crippen LogP) is 0.873. The largest absolute Gasteiger partial charge is 0.387 e. The lowest BCUT2D eigenvalue weighted by Crippen LogP contribution is -2.42. The number of piperidine rings is 1. The molecule has 76 valence electrons. The van der Waals surface area contributed by atoms with E-state index in [0.29, 0.717) is 11.8 Å². The van der Waals surface area contributed by atoms with Gasteiger partial charge in [0, 0.05) is 13.1 Å². The molecule has 3 nitrogen and oxygen atoms in total. The average Bonchev–Trinajstić information content (AvgIpc) is 2.17. The van der Waals surface area contributed by atoms with Gasteiger partial charge in [0.25, 0.3) is 0 Å². The molecule has 1 aliphatic rings. The molecule has 1 fully saturated rings. The number of rotatable bonds is 2. The van der Waals surface area contributed by atoms with E-state index in [2.05, 4.69) is 13.8 Å². The van der Waals surface area contributed by atoms with Crippen LogP contribution < -0.4 is 0 Å². The van der Waals surface area contributed by atoms with Gasteiger partial charge in [-0.25, -0.2) is 0 Å². The first-order valence-electron chi connectivity index (χ1n) is 5.03. The molecule has 0 saturated carbocycles. The molecule has 0 spiro atoms. The van der Waals surface area contributed by atoms with E-state index in [0.717, 1.165) is 19.5 Å². The molecule has 1 heterocycles. The van der Waals surface area contributed by atoms with Crippen molar-refractivity contribution in [3.63, 3.8) is 0 Å². The molecule has 1 N–H and O–H groups in total. The minimum absolute atomic E-state index is 0.120. The van der Waals surface area contributed by atoms with Crippen molar-refractivity contribution in [2.75, 3.05) is 19.7 Å². The van der Waals surface area contributed by atoms with Gasteiger partial charge < -0.3 is 10.0 Å². The highest BCUT2D eigenvalue weighted by Gasteiger charge is 2.24. The summed E-state index contributed by atoms with van der Waals surface area (Å²) in [4.78, 5) is 13.0. The van der Waals surface area contributed by atoms with Gasteiger partial charge in [-0.2, -0.15) is 0 Å². The summed E-state index contributed by atoms with van der Waals surface area (Å²) < 4.78 is 0. The molecule has 1 saturated heterocycles. The standard InChI is InChI=1S/C10H19NO2/c1-8(2)9-4-3-5-11(6-9)10(13)7-12/h8-9,12H,3-7H2,1-2H3. The van der Waals surface area contributed by atoms with Gasteiger partial charge in [-0.05, 0) is 24.7 Å². The first-order valence-corrected chi connectivity index (χ1v) is 5.03. The molecule has 0 aromatic rings. The Labute approximate surface area is 79.7 Å². The first-order chi connectivity index (χ1) is 6.15. The van der Waals surface area contributed by atoms with Gasteiger partial charge in [-0.15, -0.1) is 0 Å². The molecule has 3 heteroatoms. The van der Waals surface area contributed by atoms with Crippen LogP contribution in [0, 0.1) is 11.8 Å². The van der Waals surface area contributed by atoms with Crippen LogP contribution in [0.4, 0.5) is 0 Å². The second kappa shape index (κ2) is 4.61. The number of hydrogen-bond donors (Lipinski definition) is 1. The molecule has 0 aliphatic carbocycles. The highest BCUT2D eigenvalue weighted by atomic mass is 16.3. The molecule has 13 heavy (non-hydrogen) atoms. The lowest BCUT2D eigenvalue weighted by Gasteiger charge is -2.34. The van der Waals surface area contributed by atoms with E-state index in [1.165, 1.54) is 6.42 Å². The summed E-state index contributed by atoms with van der Waals surface area (Å²) in [6.07, 6.45) is 2.29. The fraction of sp³-hybridized carbons (Fsp3) is 0.900. The smallest absolute Gasteiger partial charge is 0.248 e. The molecule has 0 aromatic heterocycles. The third-order valence-corrected chi connectivity index (χ3v) is 2.89. The summed E-state index contributed by atoms with van der Waals surface area (Å²) in [7, 11) is 0. The fourth-order valence-corrected chi connectivity index (χ4v) is 1.88. The van der Waals surface area contributed by atoms with Crippen molar-refractivity contribution >= 4 is 5.91 Å². The Morgan fingerprint density at radius 2 is 2.31 bits per heavy atom. The maximum atomic E-state index is 11.2. The minimum atomic E-state index is -0.342. The molecule has 1 rings (SSSR count). The topological polar surface area (TPSA) is 40.5 Å². The van der Waals surface area contributed by atoms with Crippen molar-refractivity contribution < 1.29 is 9.90 Å². The van der Waals surface area contributed by atoms with Gasteiger partial charge in [-0.3, -0.25) is 4.79 Å². The molecular formula is C10H19NO2. The van der Waals surface area contributed by atoms with E-state index in [1.807, 2.05) is 0 Å². The summed E-state index contributed by atoms with van der Waals surface area (Å²) in [5.74, 6) is 1.13. The van der Waals surface area contributed by atoms with Crippen molar-refractivity contribution in [2.24, 2.45) is 11.8 Å². The van der Waals surface area contributed by atoms with Crippen LogP contribution in [-0.2, 0) is 4.79 Å². The van der Waals surface area contributed by atoms with Crippen LogP contribution in [0.2, 0.25) is 0 Å². The Morgan fingerprint density at radius 3 is 2.85 bits per heavy atom. The van der Waals surface area contributed by atoms with E-state index >= 15 is 0 Å². The Kier molecular flexibility index (Phi) is 3.72. The quantitative estimate of drug-likeness (QED) is 0.693. The Morgan fingerprint density at radius 1 is 1.62 bits per heavy atom. The van der Waals surface area contributed by atoms with Crippen molar-refractivity contribution in [1.82, 2.24) is 4.90 Å². The highest BCUT2D eigenvalue weighted by Crippen LogP contribution is 2.23. The Hall–Kier alpha value is -0.570. The number of likely N-dealkylation sites (tertiary alicyclic amines) is 1. The van der Waals surface area contributed by atoms with Crippen LogP contribution >= 0.6 is 0 Å². The molecule has 1 amide bonds. The van der Waals surface area contributed by atoms with Crippen molar-refractivity contribution in [2.45, 2.75) is 26.7 Å². The van der Waals surface area contributed by atoms with Crippen molar-refractivity contribution in [3.8, 4) is 0 Å². The summed E-state index contributed by atoms with van der Waals surface area (Å²) >= 11 is 0. The third-order valence-electron chi connectivity index (χ3n) is 2.89. The monoisotopic (exact) mass is 185 g/mol. The van der Waals surface area contributed by atoms with E-state index in [1.54, 1.807) is 4.90 Å². The number of amides is 1. The van der Waals surface area contributed by atoms with Crippen molar-refractivity contribution in [1.29, 1.82) is 0 Å². The van der Waals surface area contributed by atoms with Crippen molar-refractivity contribution in [3.05, 3.63) is 0 Å². The number of aliphatic hydroxyl groups is 1. The molecular weight excluding hydrogens is 166 g/mol. The normalized spacial score (nSPS) is 23.7. The van der Waals surface area contributed by atoms with Gasteiger partial charge >= 0.3 is 0 Å². The molecule has 1 atom stereocenters. The van der Waals surface area contributed by atoms with E-state index in [9.17, 15) is 4.79 Å². The zero-order valence-electron chi connectivity index (χ0n) is 8.49. The number of hydrogen-bond acceptors (Lipinski definition) is 2. The van der Waals surface area contributed by atoms with Crippen LogP contribution in [0.15, 0.2) is 0 Å². The maximum absolute atomic E-state index is 11.2. The van der Waals surface area contributed by atoms with Crippen LogP contribution in [-0.4, -0.2) is 35.6 Å². The van der Waals surface area contributed by atoms with E-state index in [-0.39, 0.29) is 12.5 Å². The fourth-order valence-electron chi connectivity index (χ4n) is 1.88.